The second kappa shape index (κ2) is 7.53. The number of methoxy groups -OCH3 is 1. The minimum atomic E-state index is -0.938. The normalized spacial score (nSPS) is 17.5. The minimum Gasteiger partial charge on any atom is -0.478 e. The summed E-state index contributed by atoms with van der Waals surface area (Å²) >= 11 is 0. The van der Waals surface area contributed by atoms with E-state index in [0.717, 1.165) is 18.4 Å². The highest BCUT2D eigenvalue weighted by Gasteiger charge is 2.27. The van der Waals surface area contributed by atoms with Gasteiger partial charge in [-0.15, -0.1) is 0 Å². The van der Waals surface area contributed by atoms with Gasteiger partial charge in [0.1, 0.15) is 12.4 Å². The predicted molar refractivity (Wildman–Crippen MR) is 90.7 cm³/mol. The van der Waals surface area contributed by atoms with Crippen LogP contribution in [-0.2, 0) is 11.3 Å². The number of ether oxygens (including phenoxy) is 1. The Hall–Kier alpha value is -2.60. The molecule has 6 heteroatoms. The van der Waals surface area contributed by atoms with Gasteiger partial charge in [-0.05, 0) is 42.7 Å². The van der Waals surface area contributed by atoms with Crippen molar-refractivity contribution in [3.8, 4) is 0 Å². The molecule has 0 spiro atoms. The number of piperidine rings is 1. The van der Waals surface area contributed by atoms with Gasteiger partial charge in [-0.1, -0.05) is 12.1 Å². The van der Waals surface area contributed by atoms with Gasteiger partial charge in [0, 0.05) is 26.1 Å². The summed E-state index contributed by atoms with van der Waals surface area (Å²) in [6.45, 7) is 1.56. The van der Waals surface area contributed by atoms with Gasteiger partial charge in [-0.2, -0.15) is 0 Å². The molecular formula is C19H21NO5. The van der Waals surface area contributed by atoms with Crippen molar-refractivity contribution < 1.29 is 23.8 Å². The maximum absolute atomic E-state index is 12.7. The van der Waals surface area contributed by atoms with Crippen LogP contribution in [0.1, 0.15) is 51.0 Å². The zero-order valence-corrected chi connectivity index (χ0v) is 14.1. The van der Waals surface area contributed by atoms with Crippen molar-refractivity contribution in [2.75, 3.05) is 20.2 Å². The first kappa shape index (κ1) is 17.2. The molecule has 1 aliphatic rings. The van der Waals surface area contributed by atoms with Crippen molar-refractivity contribution >= 4 is 11.9 Å². The number of aromatic carboxylic acids is 1. The SMILES string of the molecule is COCc1ccc(C(=O)N2CCC[C@H](c3cccc(C(=O)O)c3)C2)o1. The van der Waals surface area contributed by atoms with E-state index in [1.807, 2.05) is 6.07 Å². The van der Waals surface area contributed by atoms with Crippen LogP contribution in [-0.4, -0.2) is 42.1 Å². The number of rotatable bonds is 5. The molecule has 25 heavy (non-hydrogen) atoms. The van der Waals surface area contributed by atoms with Crippen LogP contribution in [0.4, 0.5) is 0 Å². The van der Waals surface area contributed by atoms with E-state index in [-0.39, 0.29) is 17.4 Å². The highest BCUT2D eigenvalue weighted by molar-refractivity contribution is 5.91. The van der Waals surface area contributed by atoms with E-state index in [1.54, 1.807) is 42.3 Å². The molecule has 1 N–H and O–H groups in total. The van der Waals surface area contributed by atoms with Crippen LogP contribution in [0, 0.1) is 0 Å². The first-order valence-electron chi connectivity index (χ1n) is 8.28. The summed E-state index contributed by atoms with van der Waals surface area (Å²) in [5, 5.41) is 9.16. The second-order valence-electron chi connectivity index (χ2n) is 6.22. The molecule has 0 bridgehead atoms. The van der Waals surface area contributed by atoms with Gasteiger partial charge >= 0.3 is 5.97 Å². The van der Waals surface area contributed by atoms with Crippen molar-refractivity contribution in [3.05, 3.63) is 59.0 Å². The lowest BCUT2D eigenvalue weighted by Crippen LogP contribution is -2.39. The molecule has 1 amide bonds. The van der Waals surface area contributed by atoms with Crippen LogP contribution in [0.2, 0.25) is 0 Å². The standard InChI is InChI=1S/C19H21NO5/c1-24-12-16-7-8-17(25-16)18(21)20-9-3-6-15(11-20)13-4-2-5-14(10-13)19(22)23/h2,4-5,7-8,10,15H,3,6,9,11-12H2,1H3,(H,22,23)/t15-/m0/s1. The molecular weight excluding hydrogens is 322 g/mol. The molecule has 0 unspecified atom stereocenters. The molecule has 0 aliphatic carbocycles. The van der Waals surface area contributed by atoms with Gasteiger partial charge < -0.3 is 19.2 Å². The molecule has 132 valence electrons. The maximum Gasteiger partial charge on any atom is 0.335 e. The molecule has 1 saturated heterocycles. The summed E-state index contributed by atoms with van der Waals surface area (Å²) in [7, 11) is 1.57. The van der Waals surface area contributed by atoms with E-state index < -0.39 is 5.97 Å². The highest BCUT2D eigenvalue weighted by Crippen LogP contribution is 2.28. The largest absolute Gasteiger partial charge is 0.478 e. The number of amides is 1. The van der Waals surface area contributed by atoms with Crippen LogP contribution >= 0.6 is 0 Å². The fourth-order valence-electron chi connectivity index (χ4n) is 3.23. The van der Waals surface area contributed by atoms with Crippen molar-refractivity contribution in [2.24, 2.45) is 0 Å². The van der Waals surface area contributed by atoms with Crippen LogP contribution in [0.25, 0.3) is 0 Å². The number of carboxylic acids is 1. The quantitative estimate of drug-likeness (QED) is 0.902. The van der Waals surface area contributed by atoms with Crippen LogP contribution in [0.15, 0.2) is 40.8 Å². The molecule has 3 rings (SSSR count). The number of carbonyl (C=O) groups is 2. The third kappa shape index (κ3) is 3.91. The van der Waals surface area contributed by atoms with Crippen LogP contribution < -0.4 is 0 Å². The molecule has 1 atom stereocenters. The molecule has 2 aromatic rings. The Morgan fingerprint density at radius 3 is 2.92 bits per heavy atom. The summed E-state index contributed by atoms with van der Waals surface area (Å²) in [5.74, 6) is -0.0146. The van der Waals surface area contributed by atoms with E-state index >= 15 is 0 Å². The summed E-state index contributed by atoms with van der Waals surface area (Å²) in [6, 6.07) is 10.4. The third-order valence-electron chi connectivity index (χ3n) is 4.47. The molecule has 0 radical (unpaired) electrons. The number of likely N-dealkylation sites (tertiary alicyclic amines) is 1. The average Bonchev–Trinajstić information content (AvgIpc) is 3.10. The first-order valence-corrected chi connectivity index (χ1v) is 8.28. The number of hydrogen-bond donors (Lipinski definition) is 1. The van der Waals surface area contributed by atoms with Crippen molar-refractivity contribution in [1.29, 1.82) is 0 Å². The van der Waals surface area contributed by atoms with Gasteiger partial charge in [0.25, 0.3) is 5.91 Å². The number of carbonyl (C=O) groups excluding carboxylic acids is 1. The summed E-state index contributed by atoms with van der Waals surface area (Å²) in [6.07, 6.45) is 1.80. The van der Waals surface area contributed by atoms with E-state index in [1.165, 1.54) is 0 Å². The third-order valence-corrected chi connectivity index (χ3v) is 4.47. The fourth-order valence-corrected chi connectivity index (χ4v) is 3.23. The van der Waals surface area contributed by atoms with Gasteiger partial charge in [-0.25, -0.2) is 4.79 Å². The van der Waals surface area contributed by atoms with E-state index in [2.05, 4.69) is 0 Å². The second-order valence-corrected chi connectivity index (χ2v) is 6.22. The Balaban J connectivity index is 1.73. The number of nitrogens with zero attached hydrogens (tertiary/aromatic N) is 1. The van der Waals surface area contributed by atoms with Crippen molar-refractivity contribution in [3.63, 3.8) is 0 Å². The van der Waals surface area contributed by atoms with Gasteiger partial charge in [0.05, 0.1) is 5.56 Å². The molecule has 6 nitrogen and oxygen atoms in total. The van der Waals surface area contributed by atoms with E-state index in [0.29, 0.717) is 31.2 Å². The van der Waals surface area contributed by atoms with Gasteiger partial charge in [-0.3, -0.25) is 4.79 Å². The van der Waals surface area contributed by atoms with E-state index in [9.17, 15) is 9.59 Å². The maximum atomic E-state index is 12.7. The molecule has 2 heterocycles. The topological polar surface area (TPSA) is 80.0 Å². The summed E-state index contributed by atoms with van der Waals surface area (Å²) in [5.41, 5.74) is 1.23. The fraction of sp³-hybridized carbons (Fsp3) is 0.368. The zero-order valence-electron chi connectivity index (χ0n) is 14.1. The van der Waals surface area contributed by atoms with Crippen molar-refractivity contribution in [2.45, 2.75) is 25.4 Å². The Morgan fingerprint density at radius 2 is 2.16 bits per heavy atom. The predicted octanol–water partition coefficient (Wildman–Crippen LogP) is 3.14. The van der Waals surface area contributed by atoms with Gasteiger partial charge in [0.2, 0.25) is 0 Å². The number of benzene rings is 1. The summed E-state index contributed by atoms with van der Waals surface area (Å²) in [4.78, 5) is 25.6. The summed E-state index contributed by atoms with van der Waals surface area (Å²) < 4.78 is 10.5. The Kier molecular flexibility index (Phi) is 5.19. The monoisotopic (exact) mass is 343 g/mol. The molecule has 1 aliphatic heterocycles. The van der Waals surface area contributed by atoms with Crippen LogP contribution in [0.5, 0.6) is 0 Å². The molecule has 0 saturated carbocycles. The molecule has 1 aromatic carbocycles. The first-order chi connectivity index (χ1) is 12.1. The van der Waals surface area contributed by atoms with Gasteiger partial charge in [0.15, 0.2) is 5.76 Å². The minimum absolute atomic E-state index is 0.130. The lowest BCUT2D eigenvalue weighted by atomic mass is 9.89. The lowest BCUT2D eigenvalue weighted by Gasteiger charge is -2.32. The van der Waals surface area contributed by atoms with Crippen LogP contribution in [0.3, 0.4) is 0 Å². The number of hydrogen-bond acceptors (Lipinski definition) is 4. The number of furan rings is 1. The zero-order chi connectivity index (χ0) is 17.8. The highest BCUT2D eigenvalue weighted by atomic mass is 16.5. The molecule has 1 fully saturated rings. The Bertz CT molecular complexity index is 767. The Labute approximate surface area is 146 Å². The average molecular weight is 343 g/mol. The lowest BCUT2D eigenvalue weighted by molar-refractivity contribution is 0.0663. The smallest absolute Gasteiger partial charge is 0.335 e. The number of carboxylic acid groups (broad SMARTS) is 1. The van der Waals surface area contributed by atoms with Crippen molar-refractivity contribution in [1.82, 2.24) is 4.90 Å². The Morgan fingerprint density at radius 1 is 1.32 bits per heavy atom. The van der Waals surface area contributed by atoms with E-state index in [4.69, 9.17) is 14.3 Å². The molecule has 1 aromatic heterocycles.